The van der Waals surface area contributed by atoms with Crippen molar-refractivity contribution in [2.24, 2.45) is 0 Å². The zero-order valence-corrected chi connectivity index (χ0v) is 12.7. The molecule has 0 aliphatic rings. The summed E-state index contributed by atoms with van der Waals surface area (Å²) in [4.78, 5) is 23.5. The van der Waals surface area contributed by atoms with Gasteiger partial charge in [0.05, 0.1) is 12.2 Å². The van der Waals surface area contributed by atoms with Gasteiger partial charge < -0.3 is 10.6 Å². The monoisotopic (exact) mass is 340 g/mol. The molecule has 0 aromatic heterocycles. The molecule has 0 saturated heterocycles. The predicted octanol–water partition coefficient (Wildman–Crippen LogP) is 3.50. The van der Waals surface area contributed by atoms with E-state index in [1.807, 2.05) is 0 Å². The van der Waals surface area contributed by atoms with Crippen LogP contribution in [-0.4, -0.2) is 18.4 Å². The summed E-state index contributed by atoms with van der Waals surface area (Å²) >= 11 is 11.3. The number of carbonyl (C=O) groups excluding carboxylic acids is 2. The number of benzene rings is 2. The molecule has 7 heteroatoms. The highest BCUT2D eigenvalue weighted by atomic mass is 35.5. The van der Waals surface area contributed by atoms with Crippen LogP contribution in [0.25, 0.3) is 0 Å². The fourth-order valence-corrected chi connectivity index (χ4v) is 1.93. The molecule has 0 radical (unpaired) electrons. The Bertz CT molecular complexity index is 705. The minimum absolute atomic E-state index is 0.00450. The van der Waals surface area contributed by atoms with E-state index in [0.717, 1.165) is 6.07 Å². The number of rotatable bonds is 4. The first-order valence-corrected chi connectivity index (χ1v) is 7.00. The lowest BCUT2D eigenvalue weighted by Crippen LogP contribution is -2.33. The first kappa shape index (κ1) is 16.3. The van der Waals surface area contributed by atoms with E-state index in [-0.39, 0.29) is 17.3 Å². The van der Waals surface area contributed by atoms with Gasteiger partial charge in [-0.15, -0.1) is 0 Å². The Morgan fingerprint density at radius 2 is 1.64 bits per heavy atom. The minimum atomic E-state index is -0.648. The van der Waals surface area contributed by atoms with Gasteiger partial charge in [-0.05, 0) is 42.5 Å². The number of hydrogen-bond acceptors (Lipinski definition) is 2. The fourth-order valence-electron chi connectivity index (χ4n) is 1.65. The summed E-state index contributed by atoms with van der Waals surface area (Å²) in [6.07, 6.45) is 0. The third kappa shape index (κ3) is 4.44. The molecule has 4 nitrogen and oxygen atoms in total. The molecule has 0 unspecified atom stereocenters. The third-order valence-corrected chi connectivity index (χ3v) is 3.21. The normalized spacial score (nSPS) is 10.1. The van der Waals surface area contributed by atoms with Crippen molar-refractivity contribution in [2.75, 3.05) is 11.9 Å². The SMILES string of the molecule is O=C(CNC(=O)c1ccc(Cl)cc1)Nc1ccc(Cl)cc1F. The first-order chi connectivity index (χ1) is 10.5. The van der Waals surface area contributed by atoms with Gasteiger partial charge >= 0.3 is 0 Å². The van der Waals surface area contributed by atoms with Gasteiger partial charge in [-0.25, -0.2) is 4.39 Å². The lowest BCUT2D eigenvalue weighted by Gasteiger charge is -2.08. The van der Waals surface area contributed by atoms with Crippen molar-refractivity contribution >= 4 is 40.7 Å². The van der Waals surface area contributed by atoms with Crippen molar-refractivity contribution in [1.29, 1.82) is 0 Å². The molecule has 0 atom stereocenters. The van der Waals surface area contributed by atoms with Crippen LogP contribution in [0.1, 0.15) is 10.4 Å². The number of amides is 2. The Morgan fingerprint density at radius 3 is 2.27 bits per heavy atom. The highest BCUT2D eigenvalue weighted by Crippen LogP contribution is 2.18. The van der Waals surface area contributed by atoms with E-state index in [1.165, 1.54) is 24.3 Å². The second-order valence-electron chi connectivity index (χ2n) is 4.36. The number of anilines is 1. The second-order valence-corrected chi connectivity index (χ2v) is 5.23. The second kappa shape index (κ2) is 7.24. The van der Waals surface area contributed by atoms with Gasteiger partial charge in [0.15, 0.2) is 0 Å². The van der Waals surface area contributed by atoms with Crippen molar-refractivity contribution in [3.63, 3.8) is 0 Å². The molecule has 0 fully saturated rings. The smallest absolute Gasteiger partial charge is 0.251 e. The maximum Gasteiger partial charge on any atom is 0.251 e. The molecule has 2 aromatic rings. The van der Waals surface area contributed by atoms with Gasteiger partial charge in [0.1, 0.15) is 5.82 Å². The topological polar surface area (TPSA) is 58.2 Å². The average molecular weight is 341 g/mol. The molecule has 0 heterocycles. The van der Waals surface area contributed by atoms with E-state index in [9.17, 15) is 14.0 Å². The third-order valence-electron chi connectivity index (χ3n) is 2.72. The first-order valence-electron chi connectivity index (χ1n) is 6.24. The van der Waals surface area contributed by atoms with Crippen molar-refractivity contribution in [1.82, 2.24) is 5.32 Å². The van der Waals surface area contributed by atoms with Crippen molar-refractivity contribution in [2.45, 2.75) is 0 Å². The van der Waals surface area contributed by atoms with Gasteiger partial charge in [0, 0.05) is 15.6 Å². The Balaban J connectivity index is 1.89. The molecule has 0 spiro atoms. The largest absolute Gasteiger partial charge is 0.343 e. The highest BCUT2D eigenvalue weighted by Gasteiger charge is 2.10. The number of nitrogens with one attached hydrogen (secondary N) is 2. The van der Waals surface area contributed by atoms with Gasteiger partial charge in [0.25, 0.3) is 5.91 Å². The molecule has 22 heavy (non-hydrogen) atoms. The molecule has 2 rings (SSSR count). The molecule has 0 aliphatic carbocycles. The summed E-state index contributed by atoms with van der Waals surface area (Å²) in [5, 5.41) is 5.51. The minimum Gasteiger partial charge on any atom is -0.343 e. The average Bonchev–Trinajstić information content (AvgIpc) is 2.48. The van der Waals surface area contributed by atoms with Crippen LogP contribution in [0.4, 0.5) is 10.1 Å². The van der Waals surface area contributed by atoms with Crippen LogP contribution in [0.5, 0.6) is 0 Å². The van der Waals surface area contributed by atoms with Gasteiger partial charge in [-0.3, -0.25) is 9.59 Å². The van der Waals surface area contributed by atoms with Crippen LogP contribution in [-0.2, 0) is 4.79 Å². The summed E-state index contributed by atoms with van der Waals surface area (Å²) in [6, 6.07) is 10.1. The highest BCUT2D eigenvalue weighted by molar-refractivity contribution is 6.31. The summed E-state index contributed by atoms with van der Waals surface area (Å²) in [7, 11) is 0. The molecule has 0 saturated carbocycles. The molecule has 2 amide bonds. The van der Waals surface area contributed by atoms with Crippen LogP contribution in [0.3, 0.4) is 0 Å². The molecule has 0 bridgehead atoms. The van der Waals surface area contributed by atoms with Gasteiger partial charge in [-0.1, -0.05) is 23.2 Å². The molecule has 114 valence electrons. The Labute approximate surface area is 136 Å². The van der Waals surface area contributed by atoms with E-state index in [0.29, 0.717) is 10.6 Å². The van der Waals surface area contributed by atoms with Gasteiger partial charge in [-0.2, -0.15) is 0 Å². The van der Waals surface area contributed by atoms with Crippen molar-refractivity contribution in [3.05, 3.63) is 63.9 Å². The molecular weight excluding hydrogens is 330 g/mol. The summed E-state index contributed by atoms with van der Waals surface area (Å²) < 4.78 is 13.5. The van der Waals surface area contributed by atoms with Crippen molar-refractivity contribution < 1.29 is 14.0 Å². The zero-order chi connectivity index (χ0) is 16.1. The van der Waals surface area contributed by atoms with Crippen LogP contribution in [0.15, 0.2) is 42.5 Å². The van der Waals surface area contributed by atoms with Crippen LogP contribution >= 0.6 is 23.2 Å². The Hall–Kier alpha value is -2.11. The summed E-state index contributed by atoms with van der Waals surface area (Å²) in [6.45, 7) is -0.288. The maximum absolute atomic E-state index is 13.5. The van der Waals surface area contributed by atoms with E-state index in [2.05, 4.69) is 10.6 Å². The Morgan fingerprint density at radius 1 is 1.00 bits per heavy atom. The lowest BCUT2D eigenvalue weighted by molar-refractivity contribution is -0.115. The number of halogens is 3. The van der Waals surface area contributed by atoms with Gasteiger partial charge in [0.2, 0.25) is 5.91 Å². The van der Waals surface area contributed by atoms with E-state index in [1.54, 1.807) is 12.1 Å². The number of carbonyl (C=O) groups is 2. The quantitative estimate of drug-likeness (QED) is 0.894. The zero-order valence-electron chi connectivity index (χ0n) is 11.2. The predicted molar refractivity (Wildman–Crippen MR) is 83.8 cm³/mol. The molecular formula is C15H11Cl2FN2O2. The maximum atomic E-state index is 13.5. The van der Waals surface area contributed by atoms with Crippen LogP contribution < -0.4 is 10.6 Å². The molecule has 2 aromatic carbocycles. The standard InChI is InChI=1S/C15H11Cl2FN2O2/c16-10-3-1-9(2-4-10)15(22)19-8-14(21)20-13-6-5-11(17)7-12(13)18/h1-7H,8H2,(H,19,22)(H,20,21). The van der Waals surface area contributed by atoms with E-state index >= 15 is 0 Å². The summed E-state index contributed by atoms with van der Waals surface area (Å²) in [5.41, 5.74) is 0.366. The van der Waals surface area contributed by atoms with E-state index < -0.39 is 17.6 Å². The summed E-state index contributed by atoms with van der Waals surface area (Å²) in [5.74, 6) is -1.63. The Kier molecular flexibility index (Phi) is 5.35. The van der Waals surface area contributed by atoms with E-state index in [4.69, 9.17) is 23.2 Å². The van der Waals surface area contributed by atoms with Crippen LogP contribution in [0.2, 0.25) is 10.0 Å². The molecule has 2 N–H and O–H groups in total. The molecule has 0 aliphatic heterocycles. The number of hydrogen-bond donors (Lipinski definition) is 2. The van der Waals surface area contributed by atoms with Crippen LogP contribution in [0, 0.1) is 5.82 Å². The fraction of sp³-hybridized carbons (Fsp3) is 0.0667. The van der Waals surface area contributed by atoms with Crippen molar-refractivity contribution in [3.8, 4) is 0 Å². The lowest BCUT2D eigenvalue weighted by atomic mass is 10.2.